The van der Waals surface area contributed by atoms with Crippen molar-refractivity contribution in [2.24, 2.45) is 13.0 Å². The van der Waals surface area contributed by atoms with Gasteiger partial charge in [0.2, 0.25) is 17.6 Å². The highest BCUT2D eigenvalue weighted by Crippen LogP contribution is 2.23. The van der Waals surface area contributed by atoms with Crippen molar-refractivity contribution < 1.29 is 32.4 Å². The number of likely N-dealkylation sites (tertiary alicyclic amines) is 1. The first-order valence-electron chi connectivity index (χ1n) is 12.4. The van der Waals surface area contributed by atoms with Gasteiger partial charge < -0.3 is 19.1 Å². The zero-order chi connectivity index (χ0) is 27.9. The molecule has 206 valence electrons. The number of hydrogen-bond acceptors (Lipinski definition) is 6. The van der Waals surface area contributed by atoms with Crippen LogP contribution in [0.2, 0.25) is 0 Å². The number of rotatable bonds is 7. The SMILES string of the molecule is CC(C)c1ccc(-c2noc(CCC(=O)N3CCCC(Cc4nccn4C)C3)n2)cc1.O=C(O)C(F)(F)F. The Morgan fingerprint density at radius 3 is 2.47 bits per heavy atom. The minimum atomic E-state index is -5.08. The molecule has 3 heterocycles. The predicted molar refractivity (Wildman–Crippen MR) is 132 cm³/mol. The summed E-state index contributed by atoms with van der Waals surface area (Å²) in [7, 11) is 2.02. The van der Waals surface area contributed by atoms with E-state index in [1.54, 1.807) is 0 Å². The van der Waals surface area contributed by atoms with Crippen molar-refractivity contribution >= 4 is 11.9 Å². The van der Waals surface area contributed by atoms with Crippen LogP contribution in [0.4, 0.5) is 13.2 Å². The van der Waals surface area contributed by atoms with Crippen molar-refractivity contribution in [3.8, 4) is 11.4 Å². The fourth-order valence-corrected chi connectivity index (χ4v) is 4.17. The lowest BCUT2D eigenvalue weighted by Crippen LogP contribution is -2.40. The molecule has 1 N–H and O–H groups in total. The molecule has 1 amide bonds. The third-order valence-electron chi connectivity index (χ3n) is 6.36. The third-order valence-corrected chi connectivity index (χ3v) is 6.36. The fourth-order valence-electron chi connectivity index (χ4n) is 4.17. The highest BCUT2D eigenvalue weighted by Gasteiger charge is 2.38. The normalized spacial score (nSPS) is 15.8. The summed E-state index contributed by atoms with van der Waals surface area (Å²) in [5.41, 5.74) is 2.21. The first-order valence-corrected chi connectivity index (χ1v) is 12.4. The van der Waals surface area contributed by atoms with Crippen LogP contribution < -0.4 is 0 Å². The molecule has 4 rings (SSSR count). The number of amides is 1. The van der Waals surface area contributed by atoms with E-state index in [2.05, 4.69) is 45.7 Å². The molecule has 0 radical (unpaired) electrons. The van der Waals surface area contributed by atoms with Gasteiger partial charge in [0.15, 0.2) is 0 Å². The molecule has 1 aliphatic rings. The maximum absolute atomic E-state index is 12.8. The highest BCUT2D eigenvalue weighted by atomic mass is 19.4. The number of aryl methyl sites for hydroxylation is 2. The quantitative estimate of drug-likeness (QED) is 0.469. The fraction of sp³-hybridized carbons (Fsp3) is 0.500. The summed E-state index contributed by atoms with van der Waals surface area (Å²) >= 11 is 0. The van der Waals surface area contributed by atoms with E-state index in [0.29, 0.717) is 36.4 Å². The minimum Gasteiger partial charge on any atom is -0.475 e. The van der Waals surface area contributed by atoms with E-state index in [-0.39, 0.29) is 5.91 Å². The van der Waals surface area contributed by atoms with Crippen LogP contribution in [0.15, 0.2) is 41.2 Å². The minimum absolute atomic E-state index is 0.158. The molecule has 2 aromatic heterocycles. The molecule has 0 bridgehead atoms. The lowest BCUT2D eigenvalue weighted by atomic mass is 9.94. The largest absolute Gasteiger partial charge is 0.490 e. The van der Waals surface area contributed by atoms with Crippen molar-refractivity contribution in [2.45, 2.75) is 58.0 Å². The number of aliphatic carboxylic acids is 1. The monoisotopic (exact) mass is 535 g/mol. The number of carboxylic acid groups (broad SMARTS) is 1. The molecular weight excluding hydrogens is 503 g/mol. The van der Waals surface area contributed by atoms with Gasteiger partial charge in [-0.1, -0.05) is 43.3 Å². The molecule has 12 heteroatoms. The van der Waals surface area contributed by atoms with E-state index < -0.39 is 12.1 Å². The number of nitrogens with zero attached hydrogens (tertiary/aromatic N) is 5. The van der Waals surface area contributed by atoms with Crippen molar-refractivity contribution in [3.05, 3.63) is 53.9 Å². The van der Waals surface area contributed by atoms with Crippen LogP contribution in [-0.2, 0) is 29.5 Å². The molecule has 0 aliphatic carbocycles. The lowest BCUT2D eigenvalue weighted by molar-refractivity contribution is -0.192. The van der Waals surface area contributed by atoms with Crippen molar-refractivity contribution in [1.82, 2.24) is 24.6 Å². The topological polar surface area (TPSA) is 114 Å². The van der Waals surface area contributed by atoms with Gasteiger partial charge in [-0.25, -0.2) is 9.78 Å². The van der Waals surface area contributed by atoms with Gasteiger partial charge in [0, 0.05) is 57.4 Å². The van der Waals surface area contributed by atoms with Gasteiger partial charge in [0.05, 0.1) is 0 Å². The molecule has 1 unspecified atom stereocenters. The van der Waals surface area contributed by atoms with Crippen LogP contribution in [0.1, 0.15) is 56.3 Å². The number of carbonyl (C=O) groups is 2. The first kappa shape index (κ1) is 28.9. The predicted octanol–water partition coefficient (Wildman–Crippen LogP) is 4.64. The second-order valence-corrected chi connectivity index (χ2v) is 9.60. The number of alkyl halides is 3. The number of imidazole rings is 1. The number of carbonyl (C=O) groups excluding carboxylic acids is 1. The molecular formula is C26H32F3N5O4. The molecule has 1 aromatic carbocycles. The molecule has 1 fully saturated rings. The van der Waals surface area contributed by atoms with Gasteiger partial charge in [-0.15, -0.1) is 0 Å². The molecule has 0 spiro atoms. The van der Waals surface area contributed by atoms with E-state index in [1.165, 1.54) is 5.56 Å². The number of carboxylic acids is 1. The van der Waals surface area contributed by atoms with Gasteiger partial charge in [-0.05, 0) is 30.2 Å². The van der Waals surface area contributed by atoms with Crippen molar-refractivity contribution in [3.63, 3.8) is 0 Å². The Hall–Kier alpha value is -3.70. The maximum Gasteiger partial charge on any atom is 0.490 e. The molecule has 0 saturated carbocycles. The Kier molecular flexibility index (Phi) is 9.65. The van der Waals surface area contributed by atoms with E-state index in [4.69, 9.17) is 14.4 Å². The zero-order valence-electron chi connectivity index (χ0n) is 21.6. The summed E-state index contributed by atoms with van der Waals surface area (Å²) in [6, 6.07) is 8.23. The smallest absolute Gasteiger partial charge is 0.475 e. The second kappa shape index (κ2) is 12.7. The number of aromatic nitrogens is 4. The number of piperidine rings is 1. The maximum atomic E-state index is 12.8. The number of halogens is 3. The summed E-state index contributed by atoms with van der Waals surface area (Å²) in [5, 5.41) is 11.2. The Morgan fingerprint density at radius 1 is 1.21 bits per heavy atom. The molecule has 9 nitrogen and oxygen atoms in total. The molecule has 3 aromatic rings. The molecule has 38 heavy (non-hydrogen) atoms. The molecule has 1 saturated heterocycles. The van der Waals surface area contributed by atoms with Gasteiger partial charge in [0.1, 0.15) is 5.82 Å². The summed E-state index contributed by atoms with van der Waals surface area (Å²) in [6.07, 6.45) is 2.67. The van der Waals surface area contributed by atoms with Crippen molar-refractivity contribution in [1.29, 1.82) is 0 Å². The Bertz CT molecular complexity index is 1200. The van der Waals surface area contributed by atoms with Crippen molar-refractivity contribution in [2.75, 3.05) is 13.1 Å². The standard InChI is InChI=1S/C24H31N5O2.C2HF3O2/c1-17(2)19-6-8-20(9-7-19)24-26-22(31-27-24)10-11-23(30)29-13-4-5-18(16-29)15-21-25-12-14-28(21)3;3-2(4,5)1(6)7/h6-9,12,14,17-18H,4-5,10-11,13,15-16H2,1-3H3;(H,6,7). The summed E-state index contributed by atoms with van der Waals surface area (Å²) in [5.74, 6) is 0.516. The van der Waals surface area contributed by atoms with Gasteiger partial charge in [-0.2, -0.15) is 18.2 Å². The zero-order valence-corrected chi connectivity index (χ0v) is 21.6. The van der Waals surface area contributed by atoms with Crippen LogP contribution in [0, 0.1) is 5.92 Å². The van der Waals surface area contributed by atoms with Crippen LogP contribution in [0.3, 0.4) is 0 Å². The lowest BCUT2D eigenvalue weighted by Gasteiger charge is -2.32. The third kappa shape index (κ3) is 8.15. The average molecular weight is 536 g/mol. The van der Waals surface area contributed by atoms with E-state index in [1.807, 2.05) is 36.5 Å². The van der Waals surface area contributed by atoms with Gasteiger partial charge >= 0.3 is 12.1 Å². The van der Waals surface area contributed by atoms with Crippen LogP contribution in [-0.4, -0.2) is 60.8 Å². The molecule has 1 atom stereocenters. The second-order valence-electron chi connectivity index (χ2n) is 9.60. The first-order chi connectivity index (χ1) is 17.9. The van der Waals surface area contributed by atoms with Crippen LogP contribution in [0.25, 0.3) is 11.4 Å². The number of benzene rings is 1. The van der Waals surface area contributed by atoms with Crippen LogP contribution in [0.5, 0.6) is 0 Å². The molecule has 1 aliphatic heterocycles. The van der Waals surface area contributed by atoms with Gasteiger partial charge in [-0.3, -0.25) is 4.79 Å². The average Bonchev–Trinajstić information content (AvgIpc) is 3.51. The Balaban J connectivity index is 0.000000505. The Morgan fingerprint density at radius 2 is 1.89 bits per heavy atom. The summed E-state index contributed by atoms with van der Waals surface area (Å²) in [4.78, 5) is 32.6. The summed E-state index contributed by atoms with van der Waals surface area (Å²) in [6.45, 7) is 5.96. The highest BCUT2D eigenvalue weighted by molar-refractivity contribution is 5.76. The summed E-state index contributed by atoms with van der Waals surface area (Å²) < 4.78 is 39.2. The van der Waals surface area contributed by atoms with E-state index in [9.17, 15) is 18.0 Å². The van der Waals surface area contributed by atoms with E-state index >= 15 is 0 Å². The number of hydrogen-bond donors (Lipinski definition) is 1. The van der Waals surface area contributed by atoms with Crippen LogP contribution >= 0.6 is 0 Å². The Labute approximate surface area is 218 Å². The van der Waals surface area contributed by atoms with E-state index in [0.717, 1.165) is 43.7 Å². The van der Waals surface area contributed by atoms with Gasteiger partial charge in [0.25, 0.3) is 0 Å².